The van der Waals surface area contributed by atoms with Gasteiger partial charge in [0.15, 0.2) is 0 Å². The van der Waals surface area contributed by atoms with Crippen LogP contribution in [-0.4, -0.2) is 22.2 Å². The lowest BCUT2D eigenvalue weighted by atomic mass is 10.1. The Balaban J connectivity index is 2.08. The molecule has 3 rings (SSSR count). The van der Waals surface area contributed by atoms with Crippen molar-refractivity contribution in [2.75, 3.05) is 12.4 Å². The van der Waals surface area contributed by atoms with E-state index >= 15 is 0 Å². The van der Waals surface area contributed by atoms with Crippen molar-refractivity contribution >= 4 is 22.6 Å². The number of nitrogens with one attached hydrogen (secondary N) is 1. The third kappa shape index (κ3) is 2.88. The average Bonchev–Trinajstić information content (AvgIpc) is 2.65. The highest BCUT2D eigenvalue weighted by atomic mass is 16.5. The summed E-state index contributed by atoms with van der Waals surface area (Å²) < 4.78 is 7.75. The molecule has 26 heavy (non-hydrogen) atoms. The molecule has 0 aliphatic heterocycles. The monoisotopic (exact) mass is 353 g/mol. The highest BCUT2D eigenvalue weighted by Gasteiger charge is 2.13. The Bertz CT molecular complexity index is 1140. The average molecular weight is 353 g/mol. The van der Waals surface area contributed by atoms with Crippen LogP contribution >= 0.6 is 0 Å². The summed E-state index contributed by atoms with van der Waals surface area (Å²) in [7, 11) is 4.63. The van der Waals surface area contributed by atoms with E-state index in [1.54, 1.807) is 43.4 Å². The molecule has 7 nitrogen and oxygen atoms in total. The molecule has 1 aromatic heterocycles. The summed E-state index contributed by atoms with van der Waals surface area (Å²) in [5.41, 5.74) is 1.78. The maximum Gasteiger partial charge on any atom is 0.316 e. The number of aryl methyl sites for hydroxylation is 3. The zero-order valence-electron chi connectivity index (χ0n) is 15.0. The van der Waals surface area contributed by atoms with E-state index in [0.717, 1.165) is 5.56 Å². The van der Waals surface area contributed by atoms with Gasteiger partial charge in [-0.2, -0.15) is 0 Å². The van der Waals surface area contributed by atoms with Crippen LogP contribution in [-0.2, 0) is 14.1 Å². The second-order valence-corrected chi connectivity index (χ2v) is 6.07. The Morgan fingerprint density at radius 2 is 1.62 bits per heavy atom. The molecule has 0 bridgehead atoms. The summed E-state index contributed by atoms with van der Waals surface area (Å²) in [6, 6.07) is 10.3. The summed E-state index contributed by atoms with van der Waals surface area (Å²) in [6.45, 7) is 1.83. The molecule has 1 N–H and O–H groups in total. The molecule has 1 heterocycles. The number of fused-ring (bicyclic) bond motifs is 1. The Morgan fingerprint density at radius 1 is 1.00 bits per heavy atom. The molecule has 0 saturated carbocycles. The predicted molar refractivity (Wildman–Crippen MR) is 100 cm³/mol. The fourth-order valence-corrected chi connectivity index (χ4v) is 2.82. The third-order valence-electron chi connectivity index (χ3n) is 4.42. The molecular weight excluding hydrogens is 334 g/mol. The van der Waals surface area contributed by atoms with Crippen LogP contribution in [0.3, 0.4) is 0 Å². The fraction of sp³-hybridized carbons (Fsp3) is 0.211. The maximum atomic E-state index is 12.6. The molecule has 1 amide bonds. The molecule has 7 heteroatoms. The van der Waals surface area contributed by atoms with Crippen LogP contribution < -0.4 is 21.2 Å². The van der Waals surface area contributed by atoms with Crippen molar-refractivity contribution in [3.63, 3.8) is 0 Å². The SMILES string of the molecule is COc1cccc(C(=O)Nc2cc3c(cc2C)n(C)c(=O)c(=O)n3C)c1. The Labute approximate surface area is 149 Å². The van der Waals surface area contributed by atoms with Gasteiger partial charge in [-0.05, 0) is 42.8 Å². The number of amides is 1. The van der Waals surface area contributed by atoms with Crippen molar-refractivity contribution in [2.24, 2.45) is 14.1 Å². The van der Waals surface area contributed by atoms with Gasteiger partial charge in [-0.1, -0.05) is 6.07 Å². The molecule has 0 unspecified atom stereocenters. The largest absolute Gasteiger partial charge is 0.497 e. The van der Waals surface area contributed by atoms with E-state index in [1.165, 1.54) is 23.3 Å². The first-order valence-corrected chi connectivity index (χ1v) is 7.99. The molecule has 134 valence electrons. The molecule has 0 aliphatic rings. The van der Waals surface area contributed by atoms with Crippen molar-refractivity contribution in [1.82, 2.24) is 9.13 Å². The van der Waals surface area contributed by atoms with Crippen LogP contribution in [0.15, 0.2) is 46.0 Å². The lowest BCUT2D eigenvalue weighted by Crippen LogP contribution is -2.39. The summed E-state index contributed by atoms with van der Waals surface area (Å²) in [6.07, 6.45) is 0. The van der Waals surface area contributed by atoms with E-state index < -0.39 is 11.1 Å². The molecule has 3 aromatic rings. The number of hydrogen-bond donors (Lipinski definition) is 1. The van der Waals surface area contributed by atoms with Crippen molar-refractivity contribution in [2.45, 2.75) is 6.92 Å². The van der Waals surface area contributed by atoms with Gasteiger partial charge in [-0.15, -0.1) is 0 Å². The van der Waals surface area contributed by atoms with Crippen LogP contribution in [0, 0.1) is 6.92 Å². The molecule has 0 spiro atoms. The maximum absolute atomic E-state index is 12.6. The molecule has 2 aromatic carbocycles. The van der Waals surface area contributed by atoms with Gasteiger partial charge in [0.2, 0.25) is 0 Å². The van der Waals surface area contributed by atoms with Gasteiger partial charge in [-0.3, -0.25) is 14.4 Å². The van der Waals surface area contributed by atoms with Crippen LogP contribution in [0.25, 0.3) is 11.0 Å². The van der Waals surface area contributed by atoms with Crippen LogP contribution in [0.2, 0.25) is 0 Å². The highest BCUT2D eigenvalue weighted by molar-refractivity contribution is 6.05. The van der Waals surface area contributed by atoms with Gasteiger partial charge in [-0.25, -0.2) is 0 Å². The number of rotatable bonds is 3. The van der Waals surface area contributed by atoms with Gasteiger partial charge < -0.3 is 19.2 Å². The number of carbonyl (C=O) groups excluding carboxylic acids is 1. The zero-order chi connectivity index (χ0) is 19.0. The summed E-state index contributed by atoms with van der Waals surface area (Å²) in [5.74, 6) is 0.298. The van der Waals surface area contributed by atoms with Crippen LogP contribution in [0.5, 0.6) is 5.75 Å². The first-order chi connectivity index (χ1) is 12.3. The minimum Gasteiger partial charge on any atom is -0.497 e. The fourth-order valence-electron chi connectivity index (χ4n) is 2.82. The summed E-state index contributed by atoms with van der Waals surface area (Å²) >= 11 is 0. The minimum absolute atomic E-state index is 0.291. The number of methoxy groups -OCH3 is 1. The molecular formula is C19H19N3O4. The Morgan fingerprint density at radius 3 is 2.23 bits per heavy atom. The lowest BCUT2D eigenvalue weighted by molar-refractivity contribution is 0.102. The molecule has 0 atom stereocenters. The van der Waals surface area contributed by atoms with E-state index in [-0.39, 0.29) is 5.91 Å². The number of anilines is 1. The topological polar surface area (TPSA) is 82.3 Å². The third-order valence-corrected chi connectivity index (χ3v) is 4.42. The first kappa shape index (κ1) is 17.5. The highest BCUT2D eigenvalue weighted by Crippen LogP contribution is 2.23. The van der Waals surface area contributed by atoms with E-state index in [2.05, 4.69) is 5.32 Å². The van der Waals surface area contributed by atoms with Gasteiger partial charge in [0.25, 0.3) is 5.91 Å². The standard InChI is InChI=1S/C19H19N3O4/c1-11-8-15-16(22(3)19(25)18(24)21(15)2)10-14(11)20-17(23)12-6-5-7-13(9-12)26-4/h5-10H,1-4H3,(H,20,23). The van der Waals surface area contributed by atoms with E-state index in [9.17, 15) is 14.4 Å². The molecule has 0 fully saturated rings. The van der Waals surface area contributed by atoms with Gasteiger partial charge >= 0.3 is 11.1 Å². The first-order valence-electron chi connectivity index (χ1n) is 7.99. The minimum atomic E-state index is -0.617. The number of benzene rings is 2. The lowest BCUT2D eigenvalue weighted by Gasteiger charge is -2.14. The van der Waals surface area contributed by atoms with Gasteiger partial charge in [0, 0.05) is 25.3 Å². The molecule has 0 radical (unpaired) electrons. The van der Waals surface area contributed by atoms with Crippen molar-refractivity contribution in [3.8, 4) is 5.75 Å². The van der Waals surface area contributed by atoms with Crippen LogP contribution in [0.1, 0.15) is 15.9 Å². The Hall–Kier alpha value is -3.35. The van der Waals surface area contributed by atoms with E-state index in [0.29, 0.717) is 28.0 Å². The number of ether oxygens (including phenoxy) is 1. The van der Waals surface area contributed by atoms with E-state index in [4.69, 9.17) is 4.74 Å². The summed E-state index contributed by atoms with van der Waals surface area (Å²) in [4.78, 5) is 36.6. The van der Waals surface area contributed by atoms with Crippen LogP contribution in [0.4, 0.5) is 5.69 Å². The number of hydrogen-bond acceptors (Lipinski definition) is 4. The second-order valence-electron chi connectivity index (χ2n) is 6.07. The van der Waals surface area contributed by atoms with Gasteiger partial charge in [0.1, 0.15) is 5.75 Å². The smallest absolute Gasteiger partial charge is 0.316 e. The number of carbonyl (C=O) groups is 1. The van der Waals surface area contributed by atoms with Crippen molar-refractivity contribution < 1.29 is 9.53 Å². The number of nitrogens with zero attached hydrogens (tertiary/aromatic N) is 2. The second kappa shape index (κ2) is 6.51. The van der Waals surface area contributed by atoms with Crippen molar-refractivity contribution in [3.05, 3.63) is 68.2 Å². The molecule has 0 saturated heterocycles. The normalized spacial score (nSPS) is 10.8. The Kier molecular flexibility index (Phi) is 4.38. The van der Waals surface area contributed by atoms with E-state index in [1.807, 2.05) is 6.92 Å². The molecule has 0 aliphatic carbocycles. The van der Waals surface area contributed by atoms with Gasteiger partial charge in [0.05, 0.1) is 18.1 Å². The predicted octanol–water partition coefficient (Wildman–Crippen LogP) is 1.81. The number of aromatic nitrogens is 2. The summed E-state index contributed by atoms with van der Waals surface area (Å²) in [5, 5.41) is 2.85. The van der Waals surface area contributed by atoms with Crippen molar-refractivity contribution in [1.29, 1.82) is 0 Å². The zero-order valence-corrected chi connectivity index (χ0v) is 15.0. The quantitative estimate of drug-likeness (QED) is 0.728.